The Bertz CT molecular complexity index is 933. The van der Waals surface area contributed by atoms with Crippen LogP contribution in [0, 0.1) is 5.92 Å². The average molecular weight is 369 g/mol. The molecule has 3 heterocycles. The number of aromatic nitrogens is 5. The van der Waals surface area contributed by atoms with Gasteiger partial charge in [0, 0.05) is 18.4 Å². The van der Waals surface area contributed by atoms with Crippen LogP contribution in [0.25, 0.3) is 17.2 Å². The Balaban J connectivity index is 1.65. The number of imidazole rings is 1. The van der Waals surface area contributed by atoms with Gasteiger partial charge in [0.15, 0.2) is 0 Å². The van der Waals surface area contributed by atoms with E-state index in [0.29, 0.717) is 40.9 Å². The Morgan fingerprint density at radius 1 is 1.22 bits per heavy atom. The molecule has 0 bridgehead atoms. The van der Waals surface area contributed by atoms with Crippen molar-refractivity contribution in [3.63, 3.8) is 0 Å². The fourth-order valence-electron chi connectivity index (χ4n) is 3.87. The first kappa shape index (κ1) is 17.6. The van der Waals surface area contributed by atoms with Crippen LogP contribution in [0.3, 0.4) is 0 Å². The van der Waals surface area contributed by atoms with Gasteiger partial charge in [-0.3, -0.25) is 4.40 Å². The summed E-state index contributed by atoms with van der Waals surface area (Å²) in [6, 6.07) is 3.71. The van der Waals surface area contributed by atoms with E-state index in [2.05, 4.69) is 32.2 Å². The summed E-state index contributed by atoms with van der Waals surface area (Å²) < 4.78 is 15.3. The van der Waals surface area contributed by atoms with Crippen molar-refractivity contribution in [2.45, 2.75) is 51.7 Å². The normalized spacial score (nSPS) is 16.5. The van der Waals surface area contributed by atoms with Crippen LogP contribution in [0.1, 0.15) is 44.7 Å². The van der Waals surface area contributed by atoms with Crippen LogP contribution in [0.4, 0.5) is 16.2 Å². The molecule has 1 aliphatic rings. The number of halogens is 1. The van der Waals surface area contributed by atoms with E-state index in [1.165, 1.54) is 32.1 Å². The van der Waals surface area contributed by atoms with E-state index < -0.39 is 6.67 Å². The first-order valence-corrected chi connectivity index (χ1v) is 9.45. The fraction of sp³-hybridized carbons (Fsp3) is 0.474. The number of nitrogen functional groups attached to an aromatic ring is 1. The molecule has 0 radical (unpaired) electrons. The Labute approximate surface area is 157 Å². The molecule has 7 nitrogen and oxygen atoms in total. The Hall–Kier alpha value is -2.77. The zero-order chi connectivity index (χ0) is 18.8. The topological polar surface area (TPSA) is 94.0 Å². The van der Waals surface area contributed by atoms with Gasteiger partial charge in [-0.25, -0.2) is 19.3 Å². The Kier molecular flexibility index (Phi) is 4.87. The average Bonchev–Trinajstić information content (AvgIpc) is 3.06. The summed E-state index contributed by atoms with van der Waals surface area (Å²) in [4.78, 5) is 17.4. The van der Waals surface area contributed by atoms with Crippen molar-refractivity contribution in [3.8, 4) is 11.4 Å². The summed E-state index contributed by atoms with van der Waals surface area (Å²) in [6.07, 6.45) is 9.79. The molecular formula is C19H24FN7. The second-order valence-corrected chi connectivity index (χ2v) is 7.16. The highest BCUT2D eigenvalue weighted by Crippen LogP contribution is 2.28. The lowest BCUT2D eigenvalue weighted by Gasteiger charge is -2.28. The standard InChI is InChI=1S/C19H24FN7/c1-12(13-5-3-2-4-6-13)23-18-22-9-7-14(24-18)17-15(11-20)25-19-26-16(21)8-10-27(17)19/h7-10,12-13H,2-6,11H2,1H3,(H2,21,25,26)(H,22,23,24)/t12-/m0/s1. The van der Waals surface area contributed by atoms with E-state index in [9.17, 15) is 4.39 Å². The monoisotopic (exact) mass is 369 g/mol. The second kappa shape index (κ2) is 7.46. The molecule has 0 aliphatic heterocycles. The molecule has 0 amide bonds. The van der Waals surface area contributed by atoms with Crippen LogP contribution in [0.15, 0.2) is 24.5 Å². The Morgan fingerprint density at radius 3 is 2.81 bits per heavy atom. The summed E-state index contributed by atoms with van der Waals surface area (Å²) in [5.74, 6) is 1.89. The maximum atomic E-state index is 13.6. The smallest absolute Gasteiger partial charge is 0.236 e. The summed E-state index contributed by atoms with van der Waals surface area (Å²) in [5, 5.41) is 3.43. The van der Waals surface area contributed by atoms with E-state index in [4.69, 9.17) is 5.73 Å². The van der Waals surface area contributed by atoms with Gasteiger partial charge in [-0.05, 0) is 37.8 Å². The van der Waals surface area contributed by atoms with E-state index in [1.54, 1.807) is 28.9 Å². The van der Waals surface area contributed by atoms with Gasteiger partial charge in [-0.2, -0.15) is 4.98 Å². The van der Waals surface area contributed by atoms with Gasteiger partial charge >= 0.3 is 0 Å². The fourth-order valence-corrected chi connectivity index (χ4v) is 3.87. The zero-order valence-corrected chi connectivity index (χ0v) is 15.4. The number of alkyl halides is 1. The van der Waals surface area contributed by atoms with Crippen molar-refractivity contribution in [1.29, 1.82) is 0 Å². The second-order valence-electron chi connectivity index (χ2n) is 7.16. The molecule has 0 spiro atoms. The summed E-state index contributed by atoms with van der Waals surface area (Å²) in [6.45, 7) is 1.48. The largest absolute Gasteiger partial charge is 0.384 e. The number of anilines is 2. The van der Waals surface area contributed by atoms with Crippen molar-refractivity contribution < 1.29 is 4.39 Å². The molecule has 1 fully saturated rings. The molecule has 4 rings (SSSR count). The molecule has 0 aromatic carbocycles. The molecular weight excluding hydrogens is 345 g/mol. The zero-order valence-electron chi connectivity index (χ0n) is 15.4. The van der Waals surface area contributed by atoms with E-state index in [-0.39, 0.29) is 5.69 Å². The summed E-state index contributed by atoms with van der Waals surface area (Å²) >= 11 is 0. The summed E-state index contributed by atoms with van der Waals surface area (Å²) in [5.41, 5.74) is 7.20. The molecule has 1 aliphatic carbocycles. The first-order chi connectivity index (χ1) is 13.2. The van der Waals surface area contributed by atoms with Gasteiger partial charge in [-0.1, -0.05) is 19.3 Å². The molecule has 142 valence electrons. The van der Waals surface area contributed by atoms with Crippen molar-refractivity contribution >= 4 is 17.5 Å². The number of rotatable bonds is 5. The van der Waals surface area contributed by atoms with Crippen molar-refractivity contribution in [2.75, 3.05) is 11.1 Å². The number of nitrogens with two attached hydrogens (primary N) is 1. The number of nitrogens with one attached hydrogen (secondary N) is 1. The highest BCUT2D eigenvalue weighted by atomic mass is 19.1. The van der Waals surface area contributed by atoms with Crippen LogP contribution in [-0.4, -0.2) is 30.4 Å². The van der Waals surface area contributed by atoms with Gasteiger partial charge in [0.2, 0.25) is 11.7 Å². The Morgan fingerprint density at radius 2 is 2.04 bits per heavy atom. The quantitative estimate of drug-likeness (QED) is 0.713. The van der Waals surface area contributed by atoms with E-state index in [1.807, 2.05) is 0 Å². The van der Waals surface area contributed by atoms with Gasteiger partial charge < -0.3 is 11.1 Å². The predicted octanol–water partition coefficient (Wildman–Crippen LogP) is 3.62. The number of nitrogens with zero attached hydrogens (tertiary/aromatic N) is 5. The molecule has 8 heteroatoms. The molecule has 3 aromatic rings. The van der Waals surface area contributed by atoms with Crippen LogP contribution >= 0.6 is 0 Å². The third-order valence-electron chi connectivity index (χ3n) is 5.33. The van der Waals surface area contributed by atoms with Gasteiger partial charge in [0.25, 0.3) is 0 Å². The predicted molar refractivity (Wildman–Crippen MR) is 103 cm³/mol. The molecule has 0 saturated heterocycles. The van der Waals surface area contributed by atoms with Gasteiger partial charge in [0.05, 0.1) is 11.4 Å². The molecule has 0 unspecified atom stereocenters. The molecule has 1 atom stereocenters. The molecule has 1 saturated carbocycles. The number of hydrogen-bond donors (Lipinski definition) is 2. The summed E-state index contributed by atoms with van der Waals surface area (Å²) in [7, 11) is 0. The molecule has 27 heavy (non-hydrogen) atoms. The van der Waals surface area contributed by atoms with Crippen LogP contribution in [-0.2, 0) is 6.67 Å². The van der Waals surface area contributed by atoms with Crippen LogP contribution in [0.5, 0.6) is 0 Å². The highest BCUT2D eigenvalue weighted by Gasteiger charge is 2.21. The maximum Gasteiger partial charge on any atom is 0.236 e. The third kappa shape index (κ3) is 3.56. The minimum atomic E-state index is -0.705. The lowest BCUT2D eigenvalue weighted by molar-refractivity contribution is 0.327. The van der Waals surface area contributed by atoms with Crippen molar-refractivity contribution in [3.05, 3.63) is 30.2 Å². The van der Waals surface area contributed by atoms with E-state index >= 15 is 0 Å². The highest BCUT2D eigenvalue weighted by molar-refractivity contribution is 5.64. The lowest BCUT2D eigenvalue weighted by atomic mass is 9.85. The van der Waals surface area contributed by atoms with Gasteiger partial charge in [-0.15, -0.1) is 0 Å². The lowest BCUT2D eigenvalue weighted by Crippen LogP contribution is -2.28. The van der Waals surface area contributed by atoms with Crippen molar-refractivity contribution in [2.24, 2.45) is 5.92 Å². The minimum absolute atomic E-state index is 0.290. The first-order valence-electron chi connectivity index (χ1n) is 9.45. The van der Waals surface area contributed by atoms with Gasteiger partial charge in [0.1, 0.15) is 18.2 Å². The number of hydrogen-bond acceptors (Lipinski definition) is 6. The van der Waals surface area contributed by atoms with E-state index in [0.717, 1.165) is 0 Å². The SMILES string of the molecule is C[C@H](Nc1nccc(-c2c(CF)nc3nc(N)ccn23)n1)C1CCCCC1. The molecule has 3 aromatic heterocycles. The maximum absolute atomic E-state index is 13.6. The minimum Gasteiger partial charge on any atom is -0.384 e. The van der Waals surface area contributed by atoms with Crippen molar-refractivity contribution in [1.82, 2.24) is 24.3 Å². The van der Waals surface area contributed by atoms with Crippen LogP contribution in [0.2, 0.25) is 0 Å². The van der Waals surface area contributed by atoms with Crippen LogP contribution < -0.4 is 11.1 Å². The molecule has 3 N–H and O–H groups in total. The third-order valence-corrected chi connectivity index (χ3v) is 5.33. The number of fused-ring (bicyclic) bond motifs is 1.